The van der Waals surface area contributed by atoms with E-state index >= 15 is 0 Å². The fraction of sp³-hybridized carbons (Fsp3) is 0.100. The molecule has 0 bridgehead atoms. The number of H-pyrrole nitrogens is 1. The van der Waals surface area contributed by atoms with Crippen molar-refractivity contribution in [2.24, 2.45) is 0 Å². The minimum absolute atomic E-state index is 0.192. The van der Waals surface area contributed by atoms with Crippen LogP contribution in [0.3, 0.4) is 0 Å². The summed E-state index contributed by atoms with van der Waals surface area (Å²) in [5, 5.41) is 17.1. The summed E-state index contributed by atoms with van der Waals surface area (Å²) in [5.41, 5.74) is 7.21. The molecule has 1 aromatic heterocycles. The van der Waals surface area contributed by atoms with Crippen LogP contribution in [0.4, 0.5) is 5.69 Å². The van der Waals surface area contributed by atoms with Crippen molar-refractivity contribution in [2.45, 2.75) is 6.54 Å². The smallest absolute Gasteiger partial charge is 0.199 e. The maximum atomic E-state index is 9.58. The molecule has 5 N–H and O–H groups in total. The summed E-state index contributed by atoms with van der Waals surface area (Å²) in [6.45, 7) is 0.430. The second kappa shape index (κ2) is 3.53. The molecule has 0 amide bonds. The summed E-state index contributed by atoms with van der Waals surface area (Å²) in [5.74, 6) is 0.192. The molecule has 0 aliphatic carbocycles. The number of nitrogen functional groups attached to an aromatic ring is 1. The lowest BCUT2D eigenvalue weighted by Gasteiger charge is -2.06. The van der Waals surface area contributed by atoms with E-state index in [0.29, 0.717) is 17.8 Å². The molecule has 0 unspecified atom stereocenters. The van der Waals surface area contributed by atoms with Crippen molar-refractivity contribution in [3.8, 4) is 5.75 Å². The molecule has 2 aromatic rings. The number of hydrogen-bond acceptors (Lipinski definition) is 3. The largest absolute Gasteiger partial charge is 0.508 e. The third-order valence-electron chi connectivity index (χ3n) is 2.21. The number of aromatic amines is 1. The van der Waals surface area contributed by atoms with Crippen LogP contribution in [0.25, 0.3) is 0 Å². The first-order valence-electron chi connectivity index (χ1n) is 4.52. The van der Waals surface area contributed by atoms with Crippen molar-refractivity contribution in [3.05, 3.63) is 41.8 Å². The minimum Gasteiger partial charge on any atom is -0.508 e. The minimum atomic E-state index is 0.192. The van der Waals surface area contributed by atoms with E-state index in [9.17, 15) is 5.11 Å². The highest BCUT2D eigenvalue weighted by Crippen LogP contribution is 2.20. The predicted molar refractivity (Wildman–Crippen MR) is 56.3 cm³/mol. The fourth-order valence-electron chi connectivity index (χ4n) is 1.41. The third-order valence-corrected chi connectivity index (χ3v) is 2.21. The Balaban J connectivity index is 2.36. The Morgan fingerprint density at radius 3 is 2.93 bits per heavy atom. The quantitative estimate of drug-likeness (QED) is 0.427. The number of aromatic hydroxyl groups is 1. The van der Waals surface area contributed by atoms with Gasteiger partial charge in [0.1, 0.15) is 5.75 Å². The van der Waals surface area contributed by atoms with Gasteiger partial charge in [0.15, 0.2) is 5.62 Å². The maximum Gasteiger partial charge on any atom is 0.199 e. The molecule has 1 heterocycles. The number of phenolic OH excluding ortho intramolecular Hbond substituents is 1. The van der Waals surface area contributed by atoms with Gasteiger partial charge in [-0.3, -0.25) is 5.41 Å². The van der Waals surface area contributed by atoms with Gasteiger partial charge in [0.25, 0.3) is 0 Å². The molecule has 0 fully saturated rings. The number of benzene rings is 1. The number of aromatic nitrogens is 2. The summed E-state index contributed by atoms with van der Waals surface area (Å²) in [6, 6.07) is 4.90. The van der Waals surface area contributed by atoms with Gasteiger partial charge in [-0.25, -0.2) is 0 Å². The van der Waals surface area contributed by atoms with Crippen LogP contribution < -0.4 is 11.4 Å². The van der Waals surface area contributed by atoms with Gasteiger partial charge in [-0.05, 0) is 18.2 Å². The standard InChI is InChI=1S/C10H12N4O/c11-8-1-2-9(15)7(5-8)6-14-4-3-13-10(14)12/h1-5,15H,6,11H2,(H2,12,13). The second-order valence-corrected chi connectivity index (χ2v) is 3.32. The summed E-state index contributed by atoms with van der Waals surface area (Å²) < 4.78 is 1.68. The van der Waals surface area contributed by atoms with Gasteiger partial charge < -0.3 is 20.4 Å². The number of hydrogen-bond donors (Lipinski definition) is 4. The van der Waals surface area contributed by atoms with Gasteiger partial charge in [-0.15, -0.1) is 0 Å². The van der Waals surface area contributed by atoms with E-state index in [1.54, 1.807) is 35.2 Å². The molecule has 0 aliphatic rings. The molecule has 2 rings (SSSR count). The maximum absolute atomic E-state index is 9.58. The molecule has 78 valence electrons. The molecular formula is C10H12N4O. The van der Waals surface area contributed by atoms with Crippen LogP contribution in [0.15, 0.2) is 30.6 Å². The Hall–Kier alpha value is -2.17. The first-order valence-corrected chi connectivity index (χ1v) is 4.52. The molecule has 5 heteroatoms. The van der Waals surface area contributed by atoms with Gasteiger partial charge in [-0.1, -0.05) is 0 Å². The molecule has 5 nitrogen and oxygen atoms in total. The molecule has 15 heavy (non-hydrogen) atoms. The summed E-state index contributed by atoms with van der Waals surface area (Å²) >= 11 is 0. The SMILES string of the molecule is N=c1[nH]ccn1Cc1cc(N)ccc1O. The third kappa shape index (κ3) is 1.85. The second-order valence-electron chi connectivity index (χ2n) is 3.32. The zero-order chi connectivity index (χ0) is 10.8. The van der Waals surface area contributed by atoms with Crippen LogP contribution in [-0.2, 0) is 6.54 Å². The van der Waals surface area contributed by atoms with Crippen LogP contribution >= 0.6 is 0 Å². The topological polar surface area (TPSA) is 90.8 Å². The summed E-state index contributed by atoms with van der Waals surface area (Å²) in [6.07, 6.45) is 3.41. The Labute approximate surface area is 86.3 Å². The Morgan fingerprint density at radius 2 is 2.27 bits per heavy atom. The zero-order valence-corrected chi connectivity index (χ0v) is 8.07. The summed E-state index contributed by atoms with van der Waals surface area (Å²) in [7, 11) is 0. The summed E-state index contributed by atoms with van der Waals surface area (Å²) in [4.78, 5) is 2.74. The lowest BCUT2D eigenvalue weighted by Crippen LogP contribution is -2.17. The number of anilines is 1. The fourth-order valence-corrected chi connectivity index (χ4v) is 1.41. The molecule has 0 spiro atoms. The Morgan fingerprint density at radius 1 is 1.47 bits per heavy atom. The van der Waals surface area contributed by atoms with Crippen LogP contribution in [0.2, 0.25) is 0 Å². The van der Waals surface area contributed by atoms with Crippen molar-refractivity contribution in [1.29, 1.82) is 5.41 Å². The van der Waals surface area contributed by atoms with Gasteiger partial charge in [0, 0.05) is 23.6 Å². The highest BCUT2D eigenvalue weighted by atomic mass is 16.3. The first kappa shape index (κ1) is 9.39. The highest BCUT2D eigenvalue weighted by Gasteiger charge is 2.03. The van der Waals surface area contributed by atoms with E-state index in [0.717, 1.165) is 0 Å². The average molecular weight is 204 g/mol. The van der Waals surface area contributed by atoms with Gasteiger partial charge in [0.05, 0.1) is 6.54 Å². The van der Waals surface area contributed by atoms with E-state index in [1.165, 1.54) is 0 Å². The number of nitrogens with two attached hydrogens (primary N) is 1. The van der Waals surface area contributed by atoms with Crippen molar-refractivity contribution < 1.29 is 5.11 Å². The van der Waals surface area contributed by atoms with E-state index in [2.05, 4.69) is 4.98 Å². The molecular weight excluding hydrogens is 192 g/mol. The highest BCUT2D eigenvalue weighted by molar-refractivity contribution is 5.47. The van der Waals surface area contributed by atoms with Crippen LogP contribution in [-0.4, -0.2) is 14.7 Å². The van der Waals surface area contributed by atoms with Crippen molar-refractivity contribution >= 4 is 5.69 Å². The number of nitrogens with zero attached hydrogens (tertiary/aromatic N) is 1. The predicted octanol–water partition coefficient (Wildman–Crippen LogP) is 0.632. The zero-order valence-electron chi connectivity index (χ0n) is 8.07. The van der Waals surface area contributed by atoms with Crippen LogP contribution in [0.5, 0.6) is 5.75 Å². The van der Waals surface area contributed by atoms with E-state index in [4.69, 9.17) is 11.1 Å². The first-order chi connectivity index (χ1) is 7.16. The Kier molecular flexibility index (Phi) is 2.21. The normalized spacial score (nSPS) is 10.4. The lowest BCUT2D eigenvalue weighted by molar-refractivity contribution is 0.465. The number of phenols is 1. The molecule has 0 saturated carbocycles. The van der Waals surface area contributed by atoms with Crippen LogP contribution in [0, 0.1) is 5.41 Å². The molecule has 0 aliphatic heterocycles. The average Bonchev–Trinajstić information content (AvgIpc) is 2.58. The molecule has 0 saturated heterocycles. The van der Waals surface area contributed by atoms with Gasteiger partial charge in [0.2, 0.25) is 0 Å². The number of imidazole rings is 1. The lowest BCUT2D eigenvalue weighted by atomic mass is 10.2. The van der Waals surface area contributed by atoms with Crippen molar-refractivity contribution in [3.63, 3.8) is 0 Å². The van der Waals surface area contributed by atoms with Crippen LogP contribution in [0.1, 0.15) is 5.56 Å². The molecule has 0 atom stereocenters. The van der Waals surface area contributed by atoms with Crippen molar-refractivity contribution in [2.75, 3.05) is 5.73 Å². The molecule has 1 aromatic carbocycles. The monoisotopic (exact) mass is 204 g/mol. The molecule has 0 radical (unpaired) electrons. The number of nitrogens with one attached hydrogen (secondary N) is 2. The van der Waals surface area contributed by atoms with E-state index in [1.807, 2.05) is 0 Å². The Bertz CT molecular complexity index is 526. The van der Waals surface area contributed by atoms with Gasteiger partial charge in [-0.2, -0.15) is 0 Å². The van der Waals surface area contributed by atoms with Gasteiger partial charge >= 0.3 is 0 Å². The van der Waals surface area contributed by atoms with Crippen molar-refractivity contribution in [1.82, 2.24) is 9.55 Å². The van der Waals surface area contributed by atoms with E-state index < -0.39 is 0 Å². The van der Waals surface area contributed by atoms with E-state index in [-0.39, 0.29) is 11.4 Å². The number of rotatable bonds is 2.